The summed E-state index contributed by atoms with van der Waals surface area (Å²) in [7, 11) is -0.667. The van der Waals surface area contributed by atoms with Gasteiger partial charge < -0.3 is 24.3 Å². The van der Waals surface area contributed by atoms with Crippen molar-refractivity contribution in [2.24, 2.45) is 0 Å². The van der Waals surface area contributed by atoms with Crippen LogP contribution in [-0.2, 0) is 29.9 Å². The Morgan fingerprint density at radius 3 is 2.45 bits per heavy atom. The van der Waals surface area contributed by atoms with Crippen LogP contribution in [0.1, 0.15) is 39.2 Å². The second-order valence-corrected chi connectivity index (χ2v) is 14.3. The first kappa shape index (κ1) is 23.9. The van der Waals surface area contributed by atoms with Crippen molar-refractivity contribution in [3.63, 3.8) is 0 Å². The minimum absolute atomic E-state index is 0.0177. The number of aliphatic hydroxyl groups is 1. The number of amides is 1. The predicted molar refractivity (Wildman–Crippen MR) is 121 cm³/mol. The van der Waals surface area contributed by atoms with Crippen LogP contribution in [0.4, 0.5) is 0 Å². The van der Waals surface area contributed by atoms with E-state index in [0.29, 0.717) is 6.42 Å². The first-order valence-corrected chi connectivity index (χ1v) is 13.7. The number of hydrogen-bond acceptors (Lipinski definition) is 6. The van der Waals surface area contributed by atoms with Gasteiger partial charge in [-0.2, -0.15) is 0 Å². The highest BCUT2D eigenvalue weighted by molar-refractivity contribution is 6.74. The van der Waals surface area contributed by atoms with Gasteiger partial charge in [-0.05, 0) is 23.7 Å². The van der Waals surface area contributed by atoms with E-state index in [0.717, 1.165) is 5.56 Å². The van der Waals surface area contributed by atoms with Gasteiger partial charge >= 0.3 is 5.97 Å². The van der Waals surface area contributed by atoms with Crippen LogP contribution in [0.2, 0.25) is 18.1 Å². The number of rotatable bonds is 10. The third kappa shape index (κ3) is 7.13. The summed E-state index contributed by atoms with van der Waals surface area (Å²) >= 11 is 0. The van der Waals surface area contributed by atoms with Crippen LogP contribution in [0.3, 0.4) is 0 Å². The minimum atomic E-state index is -2.19. The van der Waals surface area contributed by atoms with E-state index < -0.39 is 32.6 Å². The summed E-state index contributed by atoms with van der Waals surface area (Å²) < 4.78 is 25.9. The van der Waals surface area contributed by atoms with Crippen LogP contribution in [0.5, 0.6) is 0 Å². The highest BCUT2D eigenvalue weighted by Gasteiger charge is 2.49. The minimum Gasteiger partial charge on any atom is -0.463 e. The fourth-order valence-electron chi connectivity index (χ4n) is 3.20. The van der Waals surface area contributed by atoms with Crippen LogP contribution in [0.25, 0.3) is 0 Å². The Hall–Kier alpha value is -1.74. The van der Waals surface area contributed by atoms with Gasteiger partial charge in [0.1, 0.15) is 24.9 Å². The topological polar surface area (TPSA) is 94.1 Å². The zero-order valence-electron chi connectivity index (χ0n) is 20.5. The lowest BCUT2D eigenvalue weighted by atomic mass is 10.0. The maximum absolute atomic E-state index is 12.1. The molecule has 0 saturated carbocycles. The number of carbonyl (C=O) groups is 2. The smallest absolute Gasteiger partial charge is 0.306 e. The van der Waals surface area contributed by atoms with Crippen LogP contribution in [0.15, 0.2) is 30.3 Å². The number of ether oxygens (including phenoxy) is 2. The third-order valence-electron chi connectivity index (χ3n) is 6.17. The Kier molecular flexibility index (Phi) is 8.27. The molecule has 0 aromatic heterocycles. The van der Waals surface area contributed by atoms with E-state index in [1.54, 1.807) is 0 Å². The maximum Gasteiger partial charge on any atom is 0.306 e. The van der Waals surface area contributed by atoms with Gasteiger partial charge in [-0.1, -0.05) is 51.1 Å². The average Bonchev–Trinajstić information content (AvgIpc) is 3.05. The summed E-state index contributed by atoms with van der Waals surface area (Å²) in [6.45, 7) is 10.7. The molecule has 0 spiro atoms. The Morgan fingerprint density at radius 2 is 1.87 bits per heavy atom. The summed E-state index contributed by atoms with van der Waals surface area (Å²) in [6, 6.07) is 9.95. The molecule has 1 heterocycles. The van der Waals surface area contributed by atoms with Crippen molar-refractivity contribution in [3.8, 4) is 0 Å². The van der Waals surface area contributed by atoms with Crippen LogP contribution < -0.4 is 5.32 Å². The molecule has 2 rings (SSSR count). The molecule has 8 heteroatoms. The second kappa shape index (κ2) is 10.7. The van der Waals surface area contributed by atoms with Crippen molar-refractivity contribution in [1.82, 2.24) is 5.32 Å². The van der Waals surface area contributed by atoms with Crippen LogP contribution >= 0.6 is 0 Å². The Balaban J connectivity index is 2.14. The Morgan fingerprint density at radius 1 is 1.19 bits per heavy atom. The molecule has 1 aromatic carbocycles. The summed E-state index contributed by atoms with van der Waals surface area (Å²) in [4.78, 5) is 23.4. The van der Waals surface area contributed by atoms with E-state index in [2.05, 4.69) is 39.2 Å². The molecule has 1 saturated heterocycles. The molecule has 1 aliphatic heterocycles. The molecule has 31 heavy (non-hydrogen) atoms. The number of aliphatic hydroxyl groups excluding tert-OH is 1. The quantitative estimate of drug-likeness (QED) is 0.419. The zero-order chi connectivity index (χ0) is 23.9. The SMILES string of the molecule is [2H]OC1[C@@H](COC(=O)CCC(=O)NC)O[C@@H](Cc2ccccc2)[C@H]1O[Si](C)(C)C(C)(C)C. The normalized spacial score (nSPS) is 24.5. The van der Waals surface area contributed by atoms with Crippen LogP contribution in [0, 0.1) is 0 Å². The zero-order valence-corrected chi connectivity index (χ0v) is 20.5. The van der Waals surface area contributed by atoms with Gasteiger partial charge in [0.05, 0.1) is 12.5 Å². The maximum atomic E-state index is 12.1. The standard InChI is InChI=1S/C23H37NO6Si/c1-23(2,3)31(5,6)30-22-17(14-16-10-8-7-9-11-16)29-18(21(22)27)15-28-20(26)13-12-19(25)24-4/h7-11,17-18,21-22,27H,12-15H2,1-6H3,(H,24,25)/t17-,18+,21?,22+/m0/s1/i27D. The molecular formula is C23H37NO6Si. The van der Waals surface area contributed by atoms with Gasteiger partial charge in [-0.25, -0.2) is 0 Å². The van der Waals surface area contributed by atoms with E-state index in [9.17, 15) is 9.59 Å². The number of carbonyl (C=O) groups excluding carboxylic acids is 2. The van der Waals surface area contributed by atoms with Gasteiger partial charge in [-0.15, -0.1) is 0 Å². The molecule has 1 aliphatic rings. The number of benzene rings is 1. The number of nitrogens with one attached hydrogen (secondary N) is 1. The monoisotopic (exact) mass is 452 g/mol. The van der Waals surface area contributed by atoms with Crippen LogP contribution in [-0.4, -0.2) is 64.8 Å². The third-order valence-corrected chi connectivity index (χ3v) is 10.6. The molecule has 7 nitrogen and oxygen atoms in total. The van der Waals surface area contributed by atoms with Crippen molar-refractivity contribution in [2.45, 2.75) is 82.6 Å². The first-order chi connectivity index (χ1) is 15.0. The fraction of sp³-hybridized carbons (Fsp3) is 0.652. The van der Waals surface area contributed by atoms with Crippen molar-refractivity contribution in [2.75, 3.05) is 13.7 Å². The molecule has 0 aliphatic carbocycles. The molecule has 174 valence electrons. The first-order valence-electron chi connectivity index (χ1n) is 11.2. The predicted octanol–water partition coefficient (Wildman–Crippen LogP) is 2.82. The van der Waals surface area contributed by atoms with E-state index in [-0.39, 0.29) is 36.5 Å². The summed E-state index contributed by atoms with van der Waals surface area (Å²) in [5.41, 5.74) is 1.09. The Bertz CT molecular complexity index is 755. The Labute approximate surface area is 188 Å². The van der Waals surface area contributed by atoms with E-state index in [1.807, 2.05) is 30.3 Å². The van der Waals surface area contributed by atoms with Gasteiger partial charge in [0.15, 0.2) is 8.32 Å². The highest BCUT2D eigenvalue weighted by atomic mass is 28.4. The van der Waals surface area contributed by atoms with E-state index in [1.165, 1.54) is 7.05 Å². The molecule has 1 unspecified atom stereocenters. The molecule has 2 N–H and O–H groups in total. The average molecular weight is 453 g/mol. The van der Waals surface area contributed by atoms with Gasteiger partial charge in [0.25, 0.3) is 0 Å². The molecule has 1 fully saturated rings. The molecule has 4 atom stereocenters. The lowest BCUT2D eigenvalue weighted by Gasteiger charge is -2.40. The lowest BCUT2D eigenvalue weighted by Crippen LogP contribution is -2.50. The van der Waals surface area contributed by atoms with Crippen molar-refractivity contribution < 1.29 is 28.6 Å². The summed E-state index contributed by atoms with van der Waals surface area (Å²) in [6.07, 6.45) is -1.46. The van der Waals surface area contributed by atoms with Gasteiger partial charge in [-0.3, -0.25) is 9.59 Å². The molecular weight excluding hydrogens is 414 g/mol. The molecule has 1 aromatic rings. The molecule has 0 radical (unpaired) electrons. The second-order valence-electron chi connectivity index (χ2n) is 9.57. The largest absolute Gasteiger partial charge is 0.463 e. The fourth-order valence-corrected chi connectivity index (χ4v) is 4.51. The lowest BCUT2D eigenvalue weighted by molar-refractivity contribution is -0.150. The van der Waals surface area contributed by atoms with E-state index >= 15 is 0 Å². The highest BCUT2D eigenvalue weighted by Crippen LogP contribution is 2.40. The van der Waals surface area contributed by atoms with E-state index in [4.69, 9.17) is 20.4 Å². The van der Waals surface area contributed by atoms with Gasteiger partial charge in [0.2, 0.25) is 7.34 Å². The van der Waals surface area contributed by atoms with Gasteiger partial charge in [0, 0.05) is 19.9 Å². The molecule has 1 amide bonds. The van der Waals surface area contributed by atoms with Crippen molar-refractivity contribution >= 4 is 20.2 Å². The number of esters is 1. The van der Waals surface area contributed by atoms with Crippen molar-refractivity contribution in [1.29, 1.82) is 1.43 Å². The summed E-state index contributed by atoms with van der Waals surface area (Å²) in [5, 5.41) is 7.52. The number of hydrogen-bond donors (Lipinski definition) is 2. The summed E-state index contributed by atoms with van der Waals surface area (Å²) in [5.74, 6) is -0.716. The van der Waals surface area contributed by atoms with Crippen molar-refractivity contribution in [3.05, 3.63) is 35.9 Å². The molecule has 0 bridgehead atoms.